The fourth-order valence-corrected chi connectivity index (χ4v) is 4.16. The van der Waals surface area contributed by atoms with E-state index in [1.54, 1.807) is 13.0 Å². The van der Waals surface area contributed by atoms with Gasteiger partial charge in [0.25, 0.3) is 15.9 Å². The highest BCUT2D eigenvalue weighted by Gasteiger charge is 2.27. The molecule has 0 aromatic carbocycles. The van der Waals surface area contributed by atoms with Crippen molar-refractivity contribution in [3.63, 3.8) is 0 Å². The van der Waals surface area contributed by atoms with Gasteiger partial charge in [0.15, 0.2) is 10.7 Å². The van der Waals surface area contributed by atoms with Crippen LogP contribution in [-0.4, -0.2) is 19.5 Å². The van der Waals surface area contributed by atoms with Gasteiger partial charge in [0, 0.05) is 9.75 Å². The number of nitrogens with zero attached hydrogens (tertiary/aromatic N) is 1. The highest BCUT2D eigenvalue weighted by Crippen LogP contribution is 2.22. The van der Waals surface area contributed by atoms with Gasteiger partial charge in [0.1, 0.15) is 5.69 Å². The summed E-state index contributed by atoms with van der Waals surface area (Å²) >= 11 is 1.44. The number of amides is 1. The number of hydrogen-bond donors (Lipinski definition) is 1. The zero-order chi connectivity index (χ0) is 15.1. The number of carbonyl (C=O) groups excluding carboxylic acids is 1. The summed E-state index contributed by atoms with van der Waals surface area (Å²) in [5, 5.41) is 3.58. The van der Waals surface area contributed by atoms with Crippen molar-refractivity contribution in [3.8, 4) is 0 Å². The van der Waals surface area contributed by atoms with Crippen molar-refractivity contribution >= 4 is 27.3 Å². The van der Waals surface area contributed by atoms with Crippen molar-refractivity contribution < 1.29 is 17.7 Å². The maximum atomic E-state index is 12.2. The van der Waals surface area contributed by atoms with Crippen LogP contribution in [-0.2, 0) is 10.0 Å². The molecular weight excluding hydrogens is 300 g/mol. The Bertz CT molecular complexity index is 752. The lowest BCUT2D eigenvalue weighted by molar-refractivity contribution is 0.0981. The lowest BCUT2D eigenvalue weighted by atomic mass is 10.2. The molecule has 0 aliphatic heterocycles. The molecule has 2 aromatic rings. The van der Waals surface area contributed by atoms with Gasteiger partial charge in [-0.1, -0.05) is 5.16 Å². The summed E-state index contributed by atoms with van der Waals surface area (Å²) in [5.41, 5.74) is 0.587. The number of rotatable bonds is 3. The van der Waals surface area contributed by atoms with Crippen LogP contribution in [0.2, 0.25) is 0 Å². The smallest absolute Gasteiger partial charge is 0.269 e. The van der Waals surface area contributed by atoms with E-state index in [-0.39, 0.29) is 16.3 Å². The lowest BCUT2D eigenvalue weighted by Gasteiger charge is -2.05. The van der Waals surface area contributed by atoms with E-state index in [0.29, 0.717) is 5.56 Å². The highest BCUT2D eigenvalue weighted by atomic mass is 32.2. The molecule has 0 atom stereocenters. The second kappa shape index (κ2) is 5.02. The molecule has 2 heterocycles. The standard InChI is InChI=1S/C12H14N2O4S2/c1-6-5-10(9(4)19-6)12(15)14-20(16,17)11-7(2)13-18-8(11)3/h5H,1-4H3,(H,14,15). The van der Waals surface area contributed by atoms with Crippen molar-refractivity contribution in [1.29, 1.82) is 0 Å². The molecule has 1 N–H and O–H groups in total. The Hall–Kier alpha value is -1.67. The number of nitrogens with one attached hydrogen (secondary N) is 1. The monoisotopic (exact) mass is 314 g/mol. The third kappa shape index (κ3) is 2.61. The summed E-state index contributed by atoms with van der Waals surface area (Å²) in [4.78, 5) is 13.7. The minimum atomic E-state index is -3.98. The summed E-state index contributed by atoms with van der Waals surface area (Å²) in [6, 6.07) is 1.66. The first-order chi connectivity index (χ1) is 9.22. The Morgan fingerprint density at radius 2 is 1.95 bits per heavy atom. The number of aromatic nitrogens is 1. The first-order valence-corrected chi connectivity index (χ1v) is 8.09. The van der Waals surface area contributed by atoms with Gasteiger partial charge in [-0.15, -0.1) is 11.3 Å². The van der Waals surface area contributed by atoms with Gasteiger partial charge < -0.3 is 4.52 Å². The Morgan fingerprint density at radius 3 is 2.40 bits per heavy atom. The molecule has 20 heavy (non-hydrogen) atoms. The van der Waals surface area contributed by atoms with E-state index in [1.165, 1.54) is 25.2 Å². The first-order valence-electron chi connectivity index (χ1n) is 5.79. The van der Waals surface area contributed by atoms with E-state index in [9.17, 15) is 13.2 Å². The predicted molar refractivity (Wildman–Crippen MR) is 74.4 cm³/mol. The quantitative estimate of drug-likeness (QED) is 0.937. The van der Waals surface area contributed by atoms with Gasteiger partial charge in [-0.05, 0) is 33.8 Å². The van der Waals surface area contributed by atoms with Crippen LogP contribution in [0, 0.1) is 27.7 Å². The van der Waals surface area contributed by atoms with Gasteiger partial charge in [0.2, 0.25) is 0 Å². The maximum Gasteiger partial charge on any atom is 0.269 e. The van der Waals surface area contributed by atoms with Crippen molar-refractivity contribution in [2.24, 2.45) is 0 Å². The van der Waals surface area contributed by atoms with Crippen LogP contribution in [0.1, 0.15) is 31.6 Å². The highest BCUT2D eigenvalue weighted by molar-refractivity contribution is 7.90. The zero-order valence-electron chi connectivity index (χ0n) is 11.5. The van der Waals surface area contributed by atoms with Gasteiger partial charge in [-0.25, -0.2) is 13.1 Å². The van der Waals surface area contributed by atoms with E-state index < -0.39 is 15.9 Å². The molecule has 0 aliphatic carbocycles. The molecule has 6 nitrogen and oxygen atoms in total. The molecule has 1 amide bonds. The number of aryl methyl sites for hydroxylation is 4. The van der Waals surface area contributed by atoms with Gasteiger partial charge in [0.05, 0.1) is 5.56 Å². The fraction of sp³-hybridized carbons (Fsp3) is 0.333. The summed E-state index contributed by atoms with van der Waals surface area (Å²) in [6.07, 6.45) is 0. The van der Waals surface area contributed by atoms with Gasteiger partial charge in [-0.3, -0.25) is 4.79 Å². The SMILES string of the molecule is Cc1cc(C(=O)NS(=O)(=O)c2c(C)noc2C)c(C)s1. The van der Waals surface area contributed by atoms with Crippen LogP contribution < -0.4 is 4.72 Å². The molecular formula is C12H14N2O4S2. The van der Waals surface area contributed by atoms with E-state index >= 15 is 0 Å². The van der Waals surface area contributed by atoms with Crippen molar-refractivity contribution in [2.75, 3.05) is 0 Å². The minimum absolute atomic E-state index is 0.0875. The summed E-state index contributed by atoms with van der Waals surface area (Å²) < 4.78 is 31.3. The summed E-state index contributed by atoms with van der Waals surface area (Å²) in [5.74, 6) is -0.493. The van der Waals surface area contributed by atoms with Crippen molar-refractivity contribution in [3.05, 3.63) is 32.8 Å². The predicted octanol–water partition coefficient (Wildman–Crippen LogP) is 2.09. The Labute approximate surface area is 120 Å². The molecule has 0 bridgehead atoms. The molecule has 0 unspecified atom stereocenters. The topological polar surface area (TPSA) is 89.3 Å². The third-order valence-corrected chi connectivity index (χ3v) is 5.29. The average Bonchev–Trinajstić information content (AvgIpc) is 2.81. The first kappa shape index (κ1) is 14.7. The van der Waals surface area contributed by atoms with Crippen LogP contribution in [0.5, 0.6) is 0 Å². The van der Waals surface area contributed by atoms with Crippen molar-refractivity contribution in [1.82, 2.24) is 9.88 Å². The van der Waals surface area contributed by atoms with Crippen LogP contribution in [0.3, 0.4) is 0 Å². The minimum Gasteiger partial charge on any atom is -0.360 e. The molecule has 0 saturated carbocycles. The molecule has 8 heteroatoms. The van der Waals surface area contributed by atoms with Crippen LogP contribution in [0.25, 0.3) is 0 Å². The van der Waals surface area contributed by atoms with E-state index in [2.05, 4.69) is 9.88 Å². The Kier molecular flexibility index (Phi) is 3.70. The number of carbonyl (C=O) groups is 1. The van der Waals surface area contributed by atoms with Crippen molar-refractivity contribution in [2.45, 2.75) is 32.6 Å². The molecule has 0 fully saturated rings. The zero-order valence-corrected chi connectivity index (χ0v) is 13.1. The number of sulfonamides is 1. The van der Waals surface area contributed by atoms with Gasteiger partial charge >= 0.3 is 0 Å². The summed E-state index contributed by atoms with van der Waals surface area (Å²) in [6.45, 7) is 6.63. The molecule has 2 aromatic heterocycles. The second-order valence-electron chi connectivity index (χ2n) is 4.41. The molecule has 0 radical (unpaired) electrons. The molecule has 0 spiro atoms. The number of thiophene rings is 1. The van der Waals surface area contributed by atoms with Gasteiger partial charge in [-0.2, -0.15) is 0 Å². The molecule has 108 valence electrons. The number of hydrogen-bond acceptors (Lipinski definition) is 6. The summed E-state index contributed by atoms with van der Waals surface area (Å²) in [7, 11) is -3.98. The fourth-order valence-electron chi connectivity index (χ4n) is 1.94. The molecule has 0 aliphatic rings. The van der Waals surface area contributed by atoms with Crippen LogP contribution in [0.4, 0.5) is 0 Å². The molecule has 2 rings (SSSR count). The molecule has 0 saturated heterocycles. The maximum absolute atomic E-state index is 12.2. The van der Waals surface area contributed by atoms with E-state index in [1.807, 2.05) is 6.92 Å². The Morgan fingerprint density at radius 1 is 1.30 bits per heavy atom. The van der Waals surface area contributed by atoms with E-state index in [4.69, 9.17) is 4.52 Å². The Balaban J connectivity index is 2.34. The van der Waals surface area contributed by atoms with Crippen LogP contribution in [0.15, 0.2) is 15.5 Å². The largest absolute Gasteiger partial charge is 0.360 e. The third-order valence-electron chi connectivity index (χ3n) is 2.75. The lowest BCUT2D eigenvalue weighted by Crippen LogP contribution is -2.31. The normalized spacial score (nSPS) is 11.6. The van der Waals surface area contributed by atoms with Crippen LogP contribution >= 0.6 is 11.3 Å². The average molecular weight is 314 g/mol. The van der Waals surface area contributed by atoms with E-state index in [0.717, 1.165) is 9.75 Å². The second-order valence-corrected chi connectivity index (χ2v) is 7.49.